The van der Waals surface area contributed by atoms with Crippen molar-refractivity contribution in [3.8, 4) is 11.5 Å². The molecule has 0 bridgehead atoms. The molecular weight excluding hydrogens is 375 g/mol. The van der Waals surface area contributed by atoms with Crippen LogP contribution in [0.1, 0.15) is 11.1 Å². The van der Waals surface area contributed by atoms with E-state index >= 15 is 0 Å². The molecule has 2 aromatic rings. The molecule has 26 heavy (non-hydrogen) atoms. The van der Waals surface area contributed by atoms with Gasteiger partial charge in [0.2, 0.25) is 0 Å². The summed E-state index contributed by atoms with van der Waals surface area (Å²) in [5.74, 6) is 1.39. The van der Waals surface area contributed by atoms with Crippen molar-refractivity contribution >= 4 is 34.8 Å². The summed E-state index contributed by atoms with van der Waals surface area (Å²) in [4.78, 5) is 13.6. The van der Waals surface area contributed by atoms with Gasteiger partial charge in [-0.25, -0.2) is 0 Å². The number of quaternary nitrogens is 1. The Balaban J connectivity index is 1.66. The van der Waals surface area contributed by atoms with Crippen LogP contribution in [0, 0.1) is 0 Å². The number of hydrogen-bond acceptors (Lipinski definition) is 3. The number of benzene rings is 2. The van der Waals surface area contributed by atoms with Crippen molar-refractivity contribution in [2.75, 3.05) is 32.6 Å². The van der Waals surface area contributed by atoms with E-state index < -0.39 is 0 Å². The van der Waals surface area contributed by atoms with Crippen LogP contribution in [0.4, 0.5) is 5.69 Å². The molecule has 2 aromatic carbocycles. The molecule has 0 spiro atoms. The van der Waals surface area contributed by atoms with Crippen molar-refractivity contribution in [2.45, 2.75) is 13.0 Å². The molecule has 1 heterocycles. The highest BCUT2D eigenvalue weighted by atomic mass is 35.5. The zero-order valence-electron chi connectivity index (χ0n) is 14.7. The van der Waals surface area contributed by atoms with Gasteiger partial charge in [-0.2, -0.15) is 0 Å². The van der Waals surface area contributed by atoms with E-state index in [-0.39, 0.29) is 5.91 Å². The largest absolute Gasteiger partial charge is 0.493 e. The Hall–Kier alpha value is -1.95. The molecule has 1 amide bonds. The smallest absolute Gasteiger partial charge is 0.279 e. The van der Waals surface area contributed by atoms with Gasteiger partial charge in [-0.3, -0.25) is 4.79 Å². The Morgan fingerprint density at radius 2 is 1.65 bits per heavy atom. The molecule has 0 saturated carbocycles. The number of anilines is 1. The Bertz CT molecular complexity index is 806. The fourth-order valence-corrected chi connectivity index (χ4v) is 3.76. The molecule has 5 nitrogen and oxygen atoms in total. The number of carbonyl (C=O) groups is 1. The quantitative estimate of drug-likeness (QED) is 0.817. The van der Waals surface area contributed by atoms with E-state index in [1.54, 1.807) is 32.4 Å². The maximum absolute atomic E-state index is 12.4. The normalized spacial score (nSPS) is 15.9. The van der Waals surface area contributed by atoms with Gasteiger partial charge in [-0.05, 0) is 35.9 Å². The highest BCUT2D eigenvalue weighted by molar-refractivity contribution is 6.35. The molecule has 0 fully saturated rings. The molecule has 138 valence electrons. The highest BCUT2D eigenvalue weighted by Gasteiger charge is 2.24. The second-order valence-corrected chi connectivity index (χ2v) is 7.16. The number of ether oxygens (including phenoxy) is 2. The third-order valence-corrected chi connectivity index (χ3v) is 4.89. The standard InChI is InChI=1S/C19H20Cl2N2O3/c1-25-17-5-12-3-4-23(10-13(12)6-18(17)26-2)11-19(24)22-16-8-14(20)7-15(21)9-16/h5-9H,3-4,10-11H2,1-2H3,(H,22,24)/p+1. The van der Waals surface area contributed by atoms with E-state index in [1.807, 2.05) is 12.1 Å². The minimum atomic E-state index is -0.0674. The van der Waals surface area contributed by atoms with Crippen LogP contribution < -0.4 is 19.7 Å². The molecule has 2 N–H and O–H groups in total. The molecule has 0 radical (unpaired) electrons. The lowest BCUT2D eigenvalue weighted by Gasteiger charge is -2.26. The molecule has 3 rings (SSSR count). The minimum Gasteiger partial charge on any atom is -0.493 e. The fourth-order valence-electron chi connectivity index (χ4n) is 3.24. The summed E-state index contributed by atoms with van der Waals surface area (Å²) in [6, 6.07) is 9.03. The average Bonchev–Trinajstić information content (AvgIpc) is 2.59. The van der Waals surface area contributed by atoms with Crippen molar-refractivity contribution in [3.05, 3.63) is 51.5 Å². The van der Waals surface area contributed by atoms with Crippen LogP contribution in [0.5, 0.6) is 11.5 Å². The summed E-state index contributed by atoms with van der Waals surface area (Å²) in [6.45, 7) is 2.02. The second kappa shape index (κ2) is 8.16. The van der Waals surface area contributed by atoms with E-state index in [4.69, 9.17) is 32.7 Å². The lowest BCUT2D eigenvalue weighted by molar-refractivity contribution is -0.907. The van der Waals surface area contributed by atoms with Crippen LogP contribution in [-0.2, 0) is 17.8 Å². The topological polar surface area (TPSA) is 52.0 Å². The van der Waals surface area contributed by atoms with Gasteiger partial charge in [0.15, 0.2) is 18.0 Å². The van der Waals surface area contributed by atoms with Gasteiger partial charge in [0.05, 0.1) is 20.8 Å². The molecule has 1 unspecified atom stereocenters. The molecule has 1 aliphatic heterocycles. The van der Waals surface area contributed by atoms with Crippen molar-refractivity contribution in [1.29, 1.82) is 0 Å². The Morgan fingerprint density at radius 3 is 2.27 bits per heavy atom. The zero-order chi connectivity index (χ0) is 18.7. The van der Waals surface area contributed by atoms with E-state index in [2.05, 4.69) is 5.32 Å². The lowest BCUT2D eigenvalue weighted by Crippen LogP contribution is -3.12. The summed E-state index contributed by atoms with van der Waals surface area (Å²) in [5.41, 5.74) is 3.03. The molecule has 0 saturated heterocycles. The van der Waals surface area contributed by atoms with Crippen molar-refractivity contribution in [1.82, 2.24) is 0 Å². The number of fused-ring (bicyclic) bond motifs is 1. The predicted molar refractivity (Wildman–Crippen MR) is 103 cm³/mol. The van der Waals surface area contributed by atoms with Crippen molar-refractivity contribution in [3.63, 3.8) is 0 Å². The Kier molecular flexibility index (Phi) is 5.91. The molecule has 7 heteroatoms. The van der Waals surface area contributed by atoms with Crippen LogP contribution in [0.25, 0.3) is 0 Å². The average molecular weight is 396 g/mol. The molecule has 0 aliphatic carbocycles. The van der Waals surface area contributed by atoms with Crippen LogP contribution in [0.15, 0.2) is 30.3 Å². The van der Waals surface area contributed by atoms with Crippen LogP contribution >= 0.6 is 23.2 Å². The number of nitrogens with one attached hydrogen (secondary N) is 2. The van der Waals surface area contributed by atoms with Crippen LogP contribution in [-0.4, -0.2) is 33.2 Å². The van der Waals surface area contributed by atoms with Gasteiger partial charge in [0.25, 0.3) is 5.91 Å². The van der Waals surface area contributed by atoms with E-state index in [1.165, 1.54) is 16.0 Å². The Labute approximate surface area is 162 Å². The van der Waals surface area contributed by atoms with Gasteiger partial charge in [-0.1, -0.05) is 23.2 Å². The zero-order valence-corrected chi connectivity index (χ0v) is 16.2. The van der Waals surface area contributed by atoms with E-state index in [0.29, 0.717) is 28.0 Å². The first kappa shape index (κ1) is 18.8. The van der Waals surface area contributed by atoms with Gasteiger partial charge >= 0.3 is 0 Å². The lowest BCUT2D eigenvalue weighted by atomic mass is 9.99. The van der Waals surface area contributed by atoms with Gasteiger partial charge < -0.3 is 19.7 Å². The first-order chi connectivity index (χ1) is 12.5. The fraction of sp³-hybridized carbons (Fsp3) is 0.316. The van der Waals surface area contributed by atoms with Crippen LogP contribution in [0.3, 0.4) is 0 Å². The third-order valence-electron chi connectivity index (χ3n) is 4.45. The SMILES string of the molecule is COc1cc2c(cc1OC)C[NH+](CC(=O)Nc1cc(Cl)cc(Cl)c1)CC2. The highest BCUT2D eigenvalue weighted by Crippen LogP contribution is 2.31. The number of rotatable bonds is 5. The number of hydrogen-bond donors (Lipinski definition) is 2. The van der Waals surface area contributed by atoms with Crippen molar-refractivity contribution in [2.24, 2.45) is 0 Å². The third kappa shape index (κ3) is 4.41. The van der Waals surface area contributed by atoms with Crippen molar-refractivity contribution < 1.29 is 19.2 Å². The number of halogens is 2. The molecule has 0 aromatic heterocycles. The van der Waals surface area contributed by atoms with Gasteiger partial charge in [0, 0.05) is 27.7 Å². The Morgan fingerprint density at radius 1 is 1.04 bits per heavy atom. The molecular formula is C19H21Cl2N2O3+. The van der Waals surface area contributed by atoms with Gasteiger partial charge in [-0.15, -0.1) is 0 Å². The van der Waals surface area contributed by atoms with Crippen LogP contribution in [0.2, 0.25) is 10.0 Å². The van der Waals surface area contributed by atoms with E-state index in [0.717, 1.165) is 25.3 Å². The maximum Gasteiger partial charge on any atom is 0.279 e. The summed E-state index contributed by atoms with van der Waals surface area (Å²) < 4.78 is 10.7. The maximum atomic E-state index is 12.4. The second-order valence-electron chi connectivity index (χ2n) is 6.29. The summed E-state index contributed by atoms with van der Waals surface area (Å²) >= 11 is 11.9. The number of carbonyl (C=O) groups excluding carboxylic acids is 1. The first-order valence-corrected chi connectivity index (χ1v) is 9.07. The first-order valence-electron chi connectivity index (χ1n) is 8.31. The van der Waals surface area contributed by atoms with E-state index in [9.17, 15) is 4.79 Å². The number of methoxy groups -OCH3 is 2. The summed E-state index contributed by atoms with van der Waals surface area (Å²) in [5, 5.41) is 3.85. The molecule has 1 aliphatic rings. The molecule has 1 atom stereocenters. The minimum absolute atomic E-state index is 0.0674. The predicted octanol–water partition coefficient (Wildman–Crippen LogP) is 2.59. The summed E-state index contributed by atoms with van der Waals surface area (Å²) in [7, 11) is 3.26. The number of amides is 1. The monoisotopic (exact) mass is 395 g/mol. The summed E-state index contributed by atoms with van der Waals surface area (Å²) in [6.07, 6.45) is 0.890. The van der Waals surface area contributed by atoms with Gasteiger partial charge in [0.1, 0.15) is 6.54 Å².